The normalized spacial score (nSPS) is 14.8. The van der Waals surface area contributed by atoms with Crippen molar-refractivity contribution in [3.05, 3.63) is 52.6 Å². The molecule has 0 radical (unpaired) electrons. The van der Waals surface area contributed by atoms with Crippen molar-refractivity contribution in [3.63, 3.8) is 0 Å². The molecule has 5 nitrogen and oxygen atoms in total. The number of thiocarbonyl (C=S) groups is 1. The van der Waals surface area contributed by atoms with Gasteiger partial charge in [-0.15, -0.1) is 17.7 Å². The van der Waals surface area contributed by atoms with E-state index in [1.807, 2.05) is 37.4 Å². The number of benzene rings is 2. The Labute approximate surface area is 189 Å². The summed E-state index contributed by atoms with van der Waals surface area (Å²) in [4.78, 5) is 3.23. The van der Waals surface area contributed by atoms with Crippen molar-refractivity contribution in [2.45, 2.75) is 30.7 Å². The predicted octanol–water partition coefficient (Wildman–Crippen LogP) is 4.94. The van der Waals surface area contributed by atoms with Crippen LogP contribution in [0.3, 0.4) is 0 Å². The number of hydrogen-bond donors (Lipinski definition) is 3. The standard InChI is InChI=1S/C21H22BrN5S2/c1-13-3-2-4-18(19(13)28)25-21(29)24-16-7-9-27(10-8-16)20-17-6-5-15(22)11-14(17)12-23-26-20/h2-6,11-12,16,28H,7-10H2,1H3,(H2,24,25,29). The molecular weight excluding hydrogens is 466 g/mol. The van der Waals surface area contributed by atoms with E-state index in [9.17, 15) is 0 Å². The number of aryl methyl sites for hydroxylation is 1. The second kappa shape index (κ2) is 8.85. The molecule has 3 aromatic rings. The van der Waals surface area contributed by atoms with Crippen LogP contribution in [0.4, 0.5) is 11.5 Å². The molecule has 8 heteroatoms. The summed E-state index contributed by atoms with van der Waals surface area (Å²) in [6, 6.07) is 12.6. The largest absolute Gasteiger partial charge is 0.360 e. The third-order valence-electron chi connectivity index (χ3n) is 5.22. The van der Waals surface area contributed by atoms with Crippen LogP contribution in [-0.4, -0.2) is 34.4 Å². The number of fused-ring (bicyclic) bond motifs is 1. The van der Waals surface area contributed by atoms with Gasteiger partial charge in [-0.25, -0.2) is 0 Å². The second-order valence-electron chi connectivity index (χ2n) is 7.23. The van der Waals surface area contributed by atoms with Gasteiger partial charge in [-0.2, -0.15) is 5.10 Å². The van der Waals surface area contributed by atoms with E-state index in [2.05, 4.69) is 66.4 Å². The summed E-state index contributed by atoms with van der Waals surface area (Å²) in [5.41, 5.74) is 2.05. The Kier molecular flexibility index (Phi) is 6.22. The Bertz CT molecular complexity index is 1050. The molecule has 0 atom stereocenters. The molecule has 1 aromatic heterocycles. The fraction of sp³-hybridized carbons (Fsp3) is 0.286. The van der Waals surface area contributed by atoms with Crippen LogP contribution < -0.4 is 15.5 Å². The topological polar surface area (TPSA) is 53.1 Å². The molecule has 1 saturated heterocycles. The lowest BCUT2D eigenvalue weighted by Crippen LogP contribution is -2.46. The zero-order chi connectivity index (χ0) is 20.4. The van der Waals surface area contributed by atoms with Crippen LogP contribution >= 0.6 is 40.8 Å². The maximum Gasteiger partial charge on any atom is 0.171 e. The predicted molar refractivity (Wildman–Crippen MR) is 130 cm³/mol. The van der Waals surface area contributed by atoms with Crippen molar-refractivity contribution < 1.29 is 0 Å². The minimum atomic E-state index is 0.330. The van der Waals surface area contributed by atoms with Gasteiger partial charge in [0.2, 0.25) is 0 Å². The lowest BCUT2D eigenvalue weighted by Gasteiger charge is -2.34. The third kappa shape index (κ3) is 4.65. The van der Waals surface area contributed by atoms with Crippen molar-refractivity contribution in [3.8, 4) is 0 Å². The lowest BCUT2D eigenvalue weighted by atomic mass is 10.0. The number of nitrogens with one attached hydrogen (secondary N) is 2. The summed E-state index contributed by atoms with van der Waals surface area (Å²) >= 11 is 13.6. The molecule has 150 valence electrons. The summed E-state index contributed by atoms with van der Waals surface area (Å²) in [7, 11) is 0. The van der Waals surface area contributed by atoms with Crippen LogP contribution in [0.15, 0.2) is 52.0 Å². The number of piperidine rings is 1. The number of aromatic nitrogens is 2. The molecule has 2 heterocycles. The van der Waals surface area contributed by atoms with Crippen LogP contribution in [-0.2, 0) is 0 Å². The van der Waals surface area contributed by atoms with Crippen LogP contribution in [0.5, 0.6) is 0 Å². The molecule has 29 heavy (non-hydrogen) atoms. The van der Waals surface area contributed by atoms with E-state index in [0.29, 0.717) is 11.2 Å². The fourth-order valence-corrected chi connectivity index (χ4v) is 4.48. The van der Waals surface area contributed by atoms with Crippen LogP contribution in [0, 0.1) is 6.92 Å². The molecule has 0 aliphatic carbocycles. The minimum absolute atomic E-state index is 0.330. The third-order valence-corrected chi connectivity index (χ3v) is 6.53. The van der Waals surface area contributed by atoms with E-state index in [-0.39, 0.29) is 0 Å². The van der Waals surface area contributed by atoms with E-state index in [0.717, 1.165) is 63.1 Å². The van der Waals surface area contributed by atoms with E-state index in [1.165, 1.54) is 0 Å². The van der Waals surface area contributed by atoms with E-state index in [1.54, 1.807) is 0 Å². The molecule has 0 bridgehead atoms. The molecule has 0 saturated carbocycles. The van der Waals surface area contributed by atoms with Gasteiger partial charge < -0.3 is 15.5 Å². The number of anilines is 2. The number of rotatable bonds is 3. The first kappa shape index (κ1) is 20.4. The van der Waals surface area contributed by atoms with E-state index >= 15 is 0 Å². The van der Waals surface area contributed by atoms with Gasteiger partial charge in [0.1, 0.15) is 0 Å². The average molecular weight is 488 g/mol. The highest BCUT2D eigenvalue weighted by Gasteiger charge is 2.22. The Morgan fingerprint density at radius 1 is 1.24 bits per heavy atom. The van der Waals surface area contributed by atoms with Crippen molar-refractivity contribution in [1.82, 2.24) is 15.5 Å². The number of hydrogen-bond acceptors (Lipinski definition) is 5. The molecule has 1 aliphatic rings. The number of halogens is 1. The molecule has 1 fully saturated rings. The van der Waals surface area contributed by atoms with E-state index < -0.39 is 0 Å². The molecule has 0 amide bonds. The molecule has 0 spiro atoms. The van der Waals surface area contributed by atoms with Crippen LogP contribution in [0.1, 0.15) is 18.4 Å². The van der Waals surface area contributed by atoms with Crippen molar-refractivity contribution >= 4 is 68.2 Å². The van der Waals surface area contributed by atoms with Crippen molar-refractivity contribution in [2.24, 2.45) is 0 Å². The first-order valence-corrected chi connectivity index (χ1v) is 11.2. The Balaban J connectivity index is 1.37. The van der Waals surface area contributed by atoms with Gasteiger partial charge in [-0.1, -0.05) is 28.1 Å². The highest BCUT2D eigenvalue weighted by Crippen LogP contribution is 2.28. The first-order valence-electron chi connectivity index (χ1n) is 9.53. The van der Waals surface area contributed by atoms with Gasteiger partial charge in [0, 0.05) is 39.3 Å². The lowest BCUT2D eigenvalue weighted by molar-refractivity contribution is 0.466. The Hall–Kier alpha value is -1.90. The van der Waals surface area contributed by atoms with Crippen molar-refractivity contribution in [2.75, 3.05) is 23.3 Å². The van der Waals surface area contributed by atoms with Gasteiger partial charge in [0.15, 0.2) is 10.9 Å². The van der Waals surface area contributed by atoms with Crippen LogP contribution in [0.25, 0.3) is 10.8 Å². The van der Waals surface area contributed by atoms with Gasteiger partial charge in [0.25, 0.3) is 0 Å². The summed E-state index contributed by atoms with van der Waals surface area (Å²) < 4.78 is 1.05. The van der Waals surface area contributed by atoms with Gasteiger partial charge >= 0.3 is 0 Å². The van der Waals surface area contributed by atoms with Gasteiger partial charge in [0.05, 0.1) is 11.9 Å². The molecule has 4 rings (SSSR count). The Morgan fingerprint density at radius 3 is 2.83 bits per heavy atom. The van der Waals surface area contributed by atoms with E-state index in [4.69, 9.17) is 12.2 Å². The van der Waals surface area contributed by atoms with Crippen LogP contribution in [0.2, 0.25) is 0 Å². The first-order chi connectivity index (χ1) is 14.0. The maximum atomic E-state index is 5.52. The quantitative estimate of drug-likeness (QED) is 0.359. The Morgan fingerprint density at radius 2 is 2.03 bits per heavy atom. The summed E-state index contributed by atoms with van der Waals surface area (Å²) in [6.07, 6.45) is 3.78. The highest BCUT2D eigenvalue weighted by molar-refractivity contribution is 9.10. The zero-order valence-electron chi connectivity index (χ0n) is 16.0. The molecule has 1 aliphatic heterocycles. The highest BCUT2D eigenvalue weighted by atomic mass is 79.9. The average Bonchev–Trinajstić information content (AvgIpc) is 2.71. The van der Waals surface area contributed by atoms with Gasteiger partial charge in [-0.05, 0) is 61.8 Å². The summed E-state index contributed by atoms with van der Waals surface area (Å²) in [5.74, 6) is 0.952. The number of nitrogens with zero attached hydrogens (tertiary/aromatic N) is 3. The minimum Gasteiger partial charge on any atom is -0.360 e. The second-order valence-corrected chi connectivity index (χ2v) is 9.00. The maximum absolute atomic E-state index is 5.52. The summed E-state index contributed by atoms with van der Waals surface area (Å²) in [6.45, 7) is 3.85. The summed E-state index contributed by atoms with van der Waals surface area (Å²) in [5, 5.41) is 18.2. The molecular formula is C21H22BrN5S2. The van der Waals surface area contributed by atoms with Crippen molar-refractivity contribution in [1.29, 1.82) is 0 Å². The number of thiol groups is 1. The molecule has 2 N–H and O–H groups in total. The zero-order valence-corrected chi connectivity index (χ0v) is 19.3. The molecule has 2 aromatic carbocycles. The molecule has 0 unspecified atom stereocenters. The SMILES string of the molecule is Cc1cccc(NC(=S)NC2CCN(c3nncc4cc(Br)ccc34)CC2)c1S. The fourth-order valence-electron chi connectivity index (χ4n) is 3.62. The van der Waals surface area contributed by atoms with Gasteiger partial charge in [-0.3, -0.25) is 0 Å². The smallest absolute Gasteiger partial charge is 0.171 e. The monoisotopic (exact) mass is 487 g/mol.